The monoisotopic (exact) mass is 219 g/mol. The molecule has 16 heavy (non-hydrogen) atoms. The van der Waals surface area contributed by atoms with Crippen LogP contribution in [-0.2, 0) is 9.59 Å². The molecule has 1 aliphatic heterocycles. The van der Waals surface area contributed by atoms with Crippen LogP contribution in [0.3, 0.4) is 0 Å². The predicted octanol–water partition coefficient (Wildman–Crippen LogP) is 0.101. The summed E-state index contributed by atoms with van der Waals surface area (Å²) >= 11 is 0. The van der Waals surface area contributed by atoms with Crippen LogP contribution in [0.2, 0.25) is 0 Å². The summed E-state index contributed by atoms with van der Waals surface area (Å²) in [5.74, 6) is -0.477. The first-order valence-electron chi connectivity index (χ1n) is 5.13. The van der Waals surface area contributed by atoms with Crippen molar-refractivity contribution >= 4 is 11.8 Å². The van der Waals surface area contributed by atoms with Crippen molar-refractivity contribution in [2.75, 3.05) is 13.1 Å². The van der Waals surface area contributed by atoms with Crippen LogP contribution in [0.25, 0.3) is 0 Å². The zero-order valence-corrected chi connectivity index (χ0v) is 9.01. The Bertz CT molecular complexity index is 389. The number of carbonyl (C=O) groups is 2. The fraction of sp³-hybridized carbons (Fsp3) is 0.364. The molecule has 1 aromatic heterocycles. The van der Waals surface area contributed by atoms with Crippen molar-refractivity contribution < 1.29 is 9.59 Å². The third kappa shape index (κ3) is 2.25. The number of hydrogen-bond acceptors (Lipinski definition) is 4. The molecule has 2 amide bonds. The topological polar surface area (TPSA) is 62.3 Å². The molecule has 0 spiro atoms. The lowest BCUT2D eigenvalue weighted by molar-refractivity contribution is -0.137. The van der Waals surface area contributed by atoms with Gasteiger partial charge in [-0.15, -0.1) is 0 Å². The number of pyridine rings is 1. The third-order valence-corrected chi connectivity index (χ3v) is 2.71. The Labute approximate surface area is 93.5 Å². The van der Waals surface area contributed by atoms with E-state index in [2.05, 4.69) is 10.3 Å². The van der Waals surface area contributed by atoms with Gasteiger partial charge in [0, 0.05) is 18.4 Å². The van der Waals surface area contributed by atoms with Crippen molar-refractivity contribution in [2.45, 2.75) is 13.0 Å². The fourth-order valence-electron chi connectivity index (χ4n) is 1.79. The minimum atomic E-state index is -0.239. The molecule has 0 aliphatic carbocycles. The van der Waals surface area contributed by atoms with Crippen LogP contribution in [0, 0.1) is 0 Å². The number of aromatic nitrogens is 1. The zero-order valence-electron chi connectivity index (χ0n) is 9.01. The molecule has 2 rings (SSSR count). The SMILES string of the molecule is CC(c1ccncc1)N1CC(=O)NC(=O)C1. The maximum Gasteiger partial charge on any atom is 0.240 e. The molecule has 0 bridgehead atoms. The first-order valence-corrected chi connectivity index (χ1v) is 5.13. The van der Waals surface area contributed by atoms with Crippen molar-refractivity contribution in [2.24, 2.45) is 0 Å². The summed E-state index contributed by atoms with van der Waals surface area (Å²) in [6.45, 7) is 2.49. The van der Waals surface area contributed by atoms with Crippen LogP contribution < -0.4 is 5.32 Å². The molecule has 5 heteroatoms. The number of nitrogens with zero attached hydrogens (tertiary/aromatic N) is 2. The molecule has 1 unspecified atom stereocenters. The summed E-state index contributed by atoms with van der Waals surface area (Å²) in [4.78, 5) is 28.2. The molecule has 1 N–H and O–H groups in total. The van der Waals surface area contributed by atoms with Crippen LogP contribution in [-0.4, -0.2) is 34.8 Å². The second kappa shape index (κ2) is 4.40. The van der Waals surface area contributed by atoms with Crippen LogP contribution in [0.1, 0.15) is 18.5 Å². The van der Waals surface area contributed by atoms with E-state index in [1.54, 1.807) is 12.4 Å². The number of piperazine rings is 1. The largest absolute Gasteiger partial charge is 0.294 e. The maximum atomic E-state index is 11.2. The number of hydrogen-bond donors (Lipinski definition) is 1. The second-order valence-corrected chi connectivity index (χ2v) is 3.83. The van der Waals surface area contributed by atoms with Crippen molar-refractivity contribution in [1.82, 2.24) is 15.2 Å². The van der Waals surface area contributed by atoms with Crippen molar-refractivity contribution in [3.05, 3.63) is 30.1 Å². The van der Waals surface area contributed by atoms with Gasteiger partial charge in [-0.05, 0) is 24.6 Å². The van der Waals surface area contributed by atoms with Crippen molar-refractivity contribution in [3.63, 3.8) is 0 Å². The lowest BCUT2D eigenvalue weighted by Crippen LogP contribution is -2.51. The summed E-state index contributed by atoms with van der Waals surface area (Å²) in [6.07, 6.45) is 3.41. The van der Waals surface area contributed by atoms with Gasteiger partial charge in [0.05, 0.1) is 13.1 Å². The highest BCUT2D eigenvalue weighted by Crippen LogP contribution is 2.19. The van der Waals surface area contributed by atoms with Gasteiger partial charge in [-0.3, -0.25) is 24.8 Å². The van der Waals surface area contributed by atoms with Crippen LogP contribution >= 0.6 is 0 Å². The summed E-state index contributed by atoms with van der Waals surface area (Å²) < 4.78 is 0. The number of rotatable bonds is 2. The molecule has 0 saturated carbocycles. The first kappa shape index (κ1) is 10.8. The van der Waals surface area contributed by atoms with E-state index in [1.165, 1.54) is 0 Å². The summed E-state index contributed by atoms with van der Waals surface area (Å²) in [5.41, 5.74) is 1.05. The average Bonchev–Trinajstić information content (AvgIpc) is 2.28. The molecule has 1 aromatic rings. The van der Waals surface area contributed by atoms with Gasteiger partial charge in [0.15, 0.2) is 0 Å². The van der Waals surface area contributed by atoms with E-state index in [0.29, 0.717) is 0 Å². The van der Waals surface area contributed by atoms with Gasteiger partial charge in [0.2, 0.25) is 11.8 Å². The minimum Gasteiger partial charge on any atom is -0.294 e. The highest BCUT2D eigenvalue weighted by Gasteiger charge is 2.26. The molecule has 1 fully saturated rings. The van der Waals surface area contributed by atoms with Crippen LogP contribution in [0.5, 0.6) is 0 Å². The summed E-state index contributed by atoms with van der Waals surface area (Å²) in [6, 6.07) is 3.82. The molecule has 0 radical (unpaired) electrons. The van der Waals surface area contributed by atoms with Gasteiger partial charge in [-0.25, -0.2) is 0 Å². The van der Waals surface area contributed by atoms with Gasteiger partial charge >= 0.3 is 0 Å². The van der Waals surface area contributed by atoms with Crippen molar-refractivity contribution in [1.29, 1.82) is 0 Å². The maximum absolute atomic E-state index is 11.2. The Morgan fingerprint density at radius 1 is 1.25 bits per heavy atom. The Morgan fingerprint density at radius 2 is 1.81 bits per heavy atom. The number of carbonyl (C=O) groups excluding carboxylic acids is 2. The molecule has 5 nitrogen and oxygen atoms in total. The average molecular weight is 219 g/mol. The summed E-state index contributed by atoms with van der Waals surface area (Å²) in [5, 5.41) is 2.28. The van der Waals surface area contributed by atoms with E-state index < -0.39 is 0 Å². The lowest BCUT2D eigenvalue weighted by Gasteiger charge is -2.31. The van der Waals surface area contributed by atoms with E-state index in [1.807, 2.05) is 24.0 Å². The van der Waals surface area contributed by atoms with Gasteiger partial charge in [0.25, 0.3) is 0 Å². The van der Waals surface area contributed by atoms with E-state index in [4.69, 9.17) is 0 Å². The van der Waals surface area contributed by atoms with Gasteiger partial charge in [0.1, 0.15) is 0 Å². The quantitative estimate of drug-likeness (QED) is 0.717. The molecular weight excluding hydrogens is 206 g/mol. The van der Waals surface area contributed by atoms with Crippen LogP contribution in [0.4, 0.5) is 0 Å². The number of imide groups is 1. The lowest BCUT2D eigenvalue weighted by atomic mass is 10.1. The predicted molar refractivity (Wildman–Crippen MR) is 57.4 cm³/mol. The number of amides is 2. The first-order chi connectivity index (χ1) is 7.66. The molecule has 1 atom stereocenters. The Hall–Kier alpha value is -1.75. The van der Waals surface area contributed by atoms with Crippen molar-refractivity contribution in [3.8, 4) is 0 Å². The van der Waals surface area contributed by atoms with E-state index in [9.17, 15) is 9.59 Å². The van der Waals surface area contributed by atoms with Gasteiger partial charge in [-0.2, -0.15) is 0 Å². The molecule has 2 heterocycles. The minimum absolute atomic E-state index is 0.0398. The Balaban J connectivity index is 2.13. The van der Waals surface area contributed by atoms with E-state index in [0.717, 1.165) is 5.56 Å². The third-order valence-electron chi connectivity index (χ3n) is 2.71. The Kier molecular flexibility index (Phi) is 2.96. The smallest absolute Gasteiger partial charge is 0.240 e. The normalized spacial score (nSPS) is 19.3. The molecule has 1 aliphatic rings. The Morgan fingerprint density at radius 3 is 2.38 bits per heavy atom. The fourth-order valence-corrected chi connectivity index (χ4v) is 1.79. The van der Waals surface area contributed by atoms with Gasteiger partial charge < -0.3 is 0 Å². The summed E-state index contributed by atoms with van der Waals surface area (Å²) in [7, 11) is 0. The molecular formula is C11H13N3O2. The molecule has 0 aromatic carbocycles. The molecule has 84 valence electrons. The van der Waals surface area contributed by atoms with Crippen LogP contribution in [0.15, 0.2) is 24.5 Å². The van der Waals surface area contributed by atoms with E-state index >= 15 is 0 Å². The standard InChI is InChI=1S/C11H13N3O2/c1-8(9-2-4-12-5-3-9)14-6-10(15)13-11(16)7-14/h2-5,8H,6-7H2,1H3,(H,13,15,16). The second-order valence-electron chi connectivity index (χ2n) is 3.83. The highest BCUT2D eigenvalue weighted by atomic mass is 16.2. The zero-order chi connectivity index (χ0) is 11.5. The number of nitrogens with one attached hydrogen (secondary N) is 1. The molecule has 1 saturated heterocycles. The van der Waals surface area contributed by atoms with Gasteiger partial charge in [-0.1, -0.05) is 0 Å². The van der Waals surface area contributed by atoms with E-state index in [-0.39, 0.29) is 30.9 Å². The highest BCUT2D eigenvalue weighted by molar-refractivity contribution is 5.99.